The Labute approximate surface area is 197 Å². The number of methoxy groups -OCH3 is 1. The Morgan fingerprint density at radius 3 is 2.52 bits per heavy atom. The fourth-order valence-corrected chi connectivity index (χ4v) is 4.35. The highest BCUT2D eigenvalue weighted by atomic mass is 35.5. The number of carboxylic acids is 1. The third-order valence-corrected chi connectivity index (χ3v) is 6.70. The van der Waals surface area contributed by atoms with Crippen molar-refractivity contribution in [2.24, 2.45) is 11.3 Å². The second-order valence-electron chi connectivity index (χ2n) is 8.94. The predicted molar refractivity (Wildman–Crippen MR) is 124 cm³/mol. The minimum Gasteiger partial charge on any atom is -0.497 e. The van der Waals surface area contributed by atoms with Crippen molar-refractivity contribution in [3.63, 3.8) is 0 Å². The summed E-state index contributed by atoms with van der Waals surface area (Å²) in [6, 6.07) is 9.66. The van der Waals surface area contributed by atoms with Crippen LogP contribution < -0.4 is 14.2 Å². The monoisotopic (exact) mass is 473 g/mol. The summed E-state index contributed by atoms with van der Waals surface area (Å²) >= 11 is 6.36. The van der Waals surface area contributed by atoms with Crippen LogP contribution in [0.15, 0.2) is 30.3 Å². The molecule has 1 fully saturated rings. The maximum atomic E-state index is 11.5. The van der Waals surface area contributed by atoms with E-state index in [1.807, 2.05) is 24.3 Å². The zero-order valence-electron chi connectivity index (χ0n) is 18.9. The minimum absolute atomic E-state index is 0.0207. The first-order chi connectivity index (χ1) is 15.8. The number of nitrogens with one attached hydrogen (secondary N) is 1. The molecule has 0 radical (unpaired) electrons. The van der Waals surface area contributed by atoms with E-state index in [2.05, 4.69) is 15.0 Å². The van der Waals surface area contributed by atoms with Crippen LogP contribution in [0, 0.1) is 11.3 Å². The van der Waals surface area contributed by atoms with E-state index in [0.29, 0.717) is 34.7 Å². The highest BCUT2D eigenvalue weighted by Crippen LogP contribution is 2.39. The number of aromatic nitrogens is 3. The van der Waals surface area contributed by atoms with Gasteiger partial charge in [0.05, 0.1) is 18.0 Å². The van der Waals surface area contributed by atoms with E-state index in [9.17, 15) is 9.90 Å². The van der Waals surface area contributed by atoms with E-state index in [1.165, 1.54) is 0 Å². The molecule has 4 rings (SSSR count). The van der Waals surface area contributed by atoms with Crippen LogP contribution in [0.25, 0.3) is 11.2 Å². The molecule has 0 saturated heterocycles. The molecule has 2 aromatic heterocycles. The summed E-state index contributed by atoms with van der Waals surface area (Å²) in [6.07, 6.45) is 3.15. The first-order valence-electron chi connectivity index (χ1n) is 11.0. The molecule has 1 saturated carbocycles. The number of hydrogen-bond donors (Lipinski definition) is 2. The Balaban J connectivity index is 1.39. The summed E-state index contributed by atoms with van der Waals surface area (Å²) in [7, 11) is 1.62. The summed E-state index contributed by atoms with van der Waals surface area (Å²) in [5.41, 5.74) is 1.35. The molecule has 1 aliphatic carbocycles. The van der Waals surface area contributed by atoms with Crippen LogP contribution in [0.2, 0.25) is 5.02 Å². The van der Waals surface area contributed by atoms with Gasteiger partial charge in [0.25, 0.3) is 6.01 Å². The van der Waals surface area contributed by atoms with Crippen molar-refractivity contribution in [1.29, 1.82) is 0 Å². The average molecular weight is 474 g/mol. The number of aliphatic carboxylic acids is 1. The first kappa shape index (κ1) is 23.2. The molecule has 0 amide bonds. The summed E-state index contributed by atoms with van der Waals surface area (Å²) < 4.78 is 17.0. The van der Waals surface area contributed by atoms with Gasteiger partial charge in [-0.05, 0) is 69.2 Å². The number of aromatic amines is 1. The fourth-order valence-electron chi connectivity index (χ4n) is 4.14. The van der Waals surface area contributed by atoms with Gasteiger partial charge in [-0.3, -0.25) is 4.79 Å². The summed E-state index contributed by atoms with van der Waals surface area (Å²) in [5, 5.41) is 9.84. The Hall–Kier alpha value is -3.00. The summed E-state index contributed by atoms with van der Waals surface area (Å²) in [6.45, 7) is 3.90. The van der Waals surface area contributed by atoms with E-state index in [4.69, 9.17) is 25.8 Å². The molecule has 1 aliphatic rings. The molecule has 1 aromatic carbocycles. The van der Waals surface area contributed by atoms with E-state index < -0.39 is 11.4 Å². The van der Waals surface area contributed by atoms with E-state index in [1.54, 1.807) is 27.0 Å². The topological polar surface area (TPSA) is 107 Å². The molecule has 2 N–H and O–H groups in total. The van der Waals surface area contributed by atoms with E-state index in [-0.39, 0.29) is 12.0 Å². The van der Waals surface area contributed by atoms with Gasteiger partial charge in [-0.15, -0.1) is 0 Å². The molecule has 3 aromatic rings. The largest absolute Gasteiger partial charge is 0.497 e. The molecular formula is C24H28ClN3O5. The normalized spacial score (nSPS) is 18.8. The number of carbonyl (C=O) groups is 1. The number of nitrogens with zero attached hydrogens (tertiary/aromatic N) is 2. The van der Waals surface area contributed by atoms with Crippen LogP contribution >= 0.6 is 11.6 Å². The second kappa shape index (κ2) is 9.47. The number of hydrogen-bond acceptors (Lipinski definition) is 6. The average Bonchev–Trinajstić information content (AvgIpc) is 3.18. The van der Waals surface area contributed by atoms with Crippen LogP contribution in [-0.4, -0.2) is 39.2 Å². The molecule has 0 atom stereocenters. The van der Waals surface area contributed by atoms with Gasteiger partial charge >= 0.3 is 5.97 Å². The number of carboxylic acid groups (broad SMARTS) is 1. The van der Waals surface area contributed by atoms with Gasteiger partial charge in [-0.25, -0.2) is 0 Å². The van der Waals surface area contributed by atoms with Gasteiger partial charge in [0, 0.05) is 0 Å². The summed E-state index contributed by atoms with van der Waals surface area (Å²) in [5.74, 6) is 0.461. The Morgan fingerprint density at radius 2 is 1.88 bits per heavy atom. The molecular weight excluding hydrogens is 446 g/mol. The molecule has 0 bridgehead atoms. The highest BCUT2D eigenvalue weighted by molar-refractivity contribution is 6.32. The summed E-state index contributed by atoms with van der Waals surface area (Å²) in [4.78, 5) is 23.5. The molecule has 2 heterocycles. The first-order valence-corrected chi connectivity index (χ1v) is 11.4. The predicted octanol–water partition coefficient (Wildman–Crippen LogP) is 5.25. The highest BCUT2D eigenvalue weighted by Gasteiger charge is 2.39. The number of rotatable bonds is 8. The lowest BCUT2D eigenvalue weighted by Crippen LogP contribution is -2.37. The van der Waals surface area contributed by atoms with Crippen molar-refractivity contribution in [2.45, 2.75) is 52.2 Å². The quantitative estimate of drug-likeness (QED) is 0.460. The van der Waals surface area contributed by atoms with Crippen molar-refractivity contribution < 1.29 is 24.1 Å². The van der Waals surface area contributed by atoms with Gasteiger partial charge < -0.3 is 24.3 Å². The molecule has 8 nitrogen and oxygen atoms in total. The minimum atomic E-state index is -0.753. The fraction of sp³-hybridized carbons (Fsp3) is 0.458. The maximum absolute atomic E-state index is 11.5. The Bertz CT molecular complexity index is 1120. The van der Waals surface area contributed by atoms with Crippen LogP contribution in [0.4, 0.5) is 0 Å². The maximum Gasteiger partial charge on any atom is 0.309 e. The van der Waals surface area contributed by atoms with Crippen LogP contribution in [0.3, 0.4) is 0 Å². The van der Waals surface area contributed by atoms with Gasteiger partial charge in [-0.2, -0.15) is 9.97 Å². The smallest absolute Gasteiger partial charge is 0.309 e. The lowest BCUT2D eigenvalue weighted by molar-refractivity contribution is -0.151. The van der Waals surface area contributed by atoms with Crippen molar-refractivity contribution in [2.75, 3.05) is 7.11 Å². The molecule has 176 valence electrons. The number of ether oxygens (including phenoxy) is 3. The third-order valence-electron chi connectivity index (χ3n) is 6.43. The number of fused-ring (bicyclic) bond motifs is 1. The van der Waals surface area contributed by atoms with Crippen LogP contribution in [0.5, 0.6) is 17.6 Å². The lowest BCUT2D eigenvalue weighted by Gasteiger charge is -2.36. The number of pyridine rings is 1. The SMILES string of the molecule is COc1ccc(COc2nc3nc(OC4CCC(C(C)(C)C(=O)O)CC4)[nH]c3cc2Cl)cc1. The van der Waals surface area contributed by atoms with Gasteiger partial charge in [0.2, 0.25) is 5.88 Å². The van der Waals surface area contributed by atoms with Crippen molar-refractivity contribution in [3.05, 3.63) is 40.9 Å². The lowest BCUT2D eigenvalue weighted by atomic mass is 9.70. The number of benzene rings is 1. The zero-order valence-corrected chi connectivity index (χ0v) is 19.7. The van der Waals surface area contributed by atoms with Crippen molar-refractivity contribution in [1.82, 2.24) is 15.0 Å². The molecule has 0 aliphatic heterocycles. The third kappa shape index (κ3) is 5.16. The molecule has 0 unspecified atom stereocenters. The molecule has 9 heteroatoms. The number of H-pyrrole nitrogens is 1. The van der Waals surface area contributed by atoms with Crippen molar-refractivity contribution >= 4 is 28.7 Å². The van der Waals surface area contributed by atoms with Gasteiger partial charge in [-0.1, -0.05) is 23.7 Å². The van der Waals surface area contributed by atoms with Gasteiger partial charge in [0.1, 0.15) is 23.5 Å². The standard InChI is InChI=1S/C24H28ClN3O5/c1-24(2,22(29)30)15-6-10-17(11-7-15)33-23-26-19-12-18(25)21(27-20(19)28-23)32-13-14-4-8-16(31-3)9-5-14/h4-5,8-9,12,15,17H,6-7,10-11,13H2,1-3H3,(H,29,30)(H,26,27,28). The molecule has 33 heavy (non-hydrogen) atoms. The van der Waals surface area contributed by atoms with Crippen LogP contribution in [-0.2, 0) is 11.4 Å². The Kier molecular flexibility index (Phi) is 6.65. The van der Waals surface area contributed by atoms with E-state index in [0.717, 1.165) is 37.0 Å². The number of halogens is 1. The van der Waals surface area contributed by atoms with Crippen LogP contribution in [0.1, 0.15) is 45.1 Å². The molecule has 0 spiro atoms. The van der Waals surface area contributed by atoms with E-state index >= 15 is 0 Å². The second-order valence-corrected chi connectivity index (χ2v) is 9.35. The van der Waals surface area contributed by atoms with Crippen molar-refractivity contribution in [3.8, 4) is 17.6 Å². The van der Waals surface area contributed by atoms with Gasteiger partial charge in [0.15, 0.2) is 5.65 Å². The Morgan fingerprint density at radius 1 is 1.18 bits per heavy atom. The zero-order chi connectivity index (χ0) is 23.6. The number of imidazole rings is 1.